The Balaban J connectivity index is 2.03. The van der Waals surface area contributed by atoms with Crippen LogP contribution in [0.1, 0.15) is 11.1 Å². The summed E-state index contributed by atoms with van der Waals surface area (Å²) in [6.07, 6.45) is 1.41. The molecule has 1 heterocycles. The topological polar surface area (TPSA) is 89.8 Å². The van der Waals surface area contributed by atoms with E-state index < -0.39 is 10.0 Å². The fourth-order valence-electron chi connectivity index (χ4n) is 2.33. The molecule has 1 aromatic heterocycles. The molecule has 0 fully saturated rings. The second kappa shape index (κ2) is 6.62. The van der Waals surface area contributed by atoms with Gasteiger partial charge in [-0.2, -0.15) is 0 Å². The maximum Gasteiger partial charge on any atom is 0.263 e. The van der Waals surface area contributed by atoms with E-state index in [0.717, 1.165) is 0 Å². The average molecular weight is 398 g/mol. The van der Waals surface area contributed by atoms with E-state index in [1.165, 1.54) is 11.0 Å². The Labute approximate surface area is 154 Å². The zero-order valence-corrected chi connectivity index (χ0v) is 15.6. The number of halogens is 2. The highest BCUT2D eigenvalue weighted by molar-refractivity contribution is 7.93. The third kappa shape index (κ3) is 3.46. The minimum absolute atomic E-state index is 0.0352. The van der Waals surface area contributed by atoms with Crippen molar-refractivity contribution in [2.24, 2.45) is 0 Å². The standard InChI is InChI=1S/C15H13Cl2N5O2S/c1-9-6-13(16)10(2)15(14(9)17)25(23,24)19-11-4-3-5-12(7-11)22-8-18-20-21-22/h3-8,19H,1-2H3. The summed E-state index contributed by atoms with van der Waals surface area (Å²) in [5, 5.41) is 11.4. The van der Waals surface area contributed by atoms with Crippen LogP contribution in [-0.2, 0) is 10.0 Å². The van der Waals surface area contributed by atoms with E-state index in [9.17, 15) is 8.42 Å². The third-order valence-corrected chi connectivity index (χ3v) is 6.11. The summed E-state index contributed by atoms with van der Waals surface area (Å²) >= 11 is 12.3. The Morgan fingerprint density at radius 1 is 1.16 bits per heavy atom. The van der Waals surface area contributed by atoms with Crippen molar-refractivity contribution in [3.63, 3.8) is 0 Å². The van der Waals surface area contributed by atoms with Gasteiger partial charge in [0.1, 0.15) is 11.2 Å². The van der Waals surface area contributed by atoms with Gasteiger partial charge in [0.2, 0.25) is 0 Å². The lowest BCUT2D eigenvalue weighted by Crippen LogP contribution is -2.16. The Hall–Kier alpha value is -2.16. The number of sulfonamides is 1. The monoisotopic (exact) mass is 397 g/mol. The Morgan fingerprint density at radius 3 is 2.60 bits per heavy atom. The number of benzene rings is 2. The highest BCUT2D eigenvalue weighted by Crippen LogP contribution is 2.34. The van der Waals surface area contributed by atoms with E-state index in [4.69, 9.17) is 23.2 Å². The fourth-order valence-corrected chi connectivity index (χ4v) is 4.60. The zero-order chi connectivity index (χ0) is 18.2. The van der Waals surface area contributed by atoms with Crippen LogP contribution < -0.4 is 4.72 Å². The molecule has 0 aliphatic rings. The van der Waals surface area contributed by atoms with Crippen molar-refractivity contribution in [2.45, 2.75) is 18.7 Å². The van der Waals surface area contributed by atoms with Crippen LogP contribution in [0.2, 0.25) is 10.0 Å². The molecule has 25 heavy (non-hydrogen) atoms. The van der Waals surface area contributed by atoms with Gasteiger partial charge in [-0.25, -0.2) is 13.1 Å². The van der Waals surface area contributed by atoms with Gasteiger partial charge in [-0.15, -0.1) is 5.10 Å². The van der Waals surface area contributed by atoms with Gasteiger partial charge in [0, 0.05) is 5.02 Å². The van der Waals surface area contributed by atoms with Crippen LogP contribution in [0.4, 0.5) is 5.69 Å². The van der Waals surface area contributed by atoms with E-state index in [-0.39, 0.29) is 9.92 Å². The molecule has 0 unspecified atom stereocenters. The van der Waals surface area contributed by atoms with Gasteiger partial charge in [0.05, 0.1) is 16.4 Å². The first-order valence-electron chi connectivity index (χ1n) is 7.11. The first-order chi connectivity index (χ1) is 11.8. The summed E-state index contributed by atoms with van der Waals surface area (Å²) in [6.45, 7) is 3.31. The number of nitrogens with zero attached hydrogens (tertiary/aromatic N) is 4. The minimum atomic E-state index is -3.93. The van der Waals surface area contributed by atoms with Gasteiger partial charge in [-0.3, -0.25) is 4.72 Å². The van der Waals surface area contributed by atoms with Crippen LogP contribution in [0.5, 0.6) is 0 Å². The van der Waals surface area contributed by atoms with Gasteiger partial charge >= 0.3 is 0 Å². The summed E-state index contributed by atoms with van der Waals surface area (Å²) in [6, 6.07) is 8.29. The molecule has 7 nitrogen and oxygen atoms in total. The quantitative estimate of drug-likeness (QED) is 0.728. The normalized spacial score (nSPS) is 11.5. The predicted molar refractivity (Wildman–Crippen MR) is 95.9 cm³/mol. The van der Waals surface area contributed by atoms with Crippen LogP contribution in [-0.4, -0.2) is 28.6 Å². The molecule has 0 saturated heterocycles. The maximum absolute atomic E-state index is 12.8. The molecule has 0 aliphatic carbocycles. The molecular formula is C15H13Cl2N5O2S. The van der Waals surface area contributed by atoms with E-state index in [2.05, 4.69) is 20.2 Å². The number of aromatic nitrogens is 4. The lowest BCUT2D eigenvalue weighted by molar-refractivity contribution is 0.600. The SMILES string of the molecule is Cc1cc(Cl)c(C)c(S(=O)(=O)Nc2cccc(-n3cnnn3)c2)c1Cl. The van der Waals surface area contributed by atoms with Crippen molar-refractivity contribution in [3.8, 4) is 5.69 Å². The second-order valence-electron chi connectivity index (χ2n) is 5.35. The van der Waals surface area contributed by atoms with Crippen molar-refractivity contribution in [3.05, 3.63) is 57.8 Å². The molecule has 0 aliphatic heterocycles. The Morgan fingerprint density at radius 2 is 1.92 bits per heavy atom. The molecule has 3 aromatic rings. The fraction of sp³-hybridized carbons (Fsp3) is 0.133. The number of anilines is 1. The molecule has 10 heteroatoms. The number of hydrogen-bond donors (Lipinski definition) is 1. The van der Waals surface area contributed by atoms with Crippen molar-refractivity contribution in [1.29, 1.82) is 0 Å². The summed E-state index contributed by atoms with van der Waals surface area (Å²) in [5.74, 6) is 0. The van der Waals surface area contributed by atoms with Gasteiger partial charge in [-0.1, -0.05) is 29.3 Å². The molecule has 2 aromatic carbocycles. The predicted octanol–water partition coefficient (Wildman–Crippen LogP) is 3.39. The molecule has 0 saturated carbocycles. The van der Waals surface area contributed by atoms with Crippen LogP contribution in [0.25, 0.3) is 5.69 Å². The van der Waals surface area contributed by atoms with Crippen LogP contribution in [0.15, 0.2) is 41.6 Å². The second-order valence-corrected chi connectivity index (χ2v) is 7.76. The largest absolute Gasteiger partial charge is 0.280 e. The summed E-state index contributed by atoms with van der Waals surface area (Å²) in [5.41, 5.74) is 1.93. The number of nitrogens with one attached hydrogen (secondary N) is 1. The number of aryl methyl sites for hydroxylation is 1. The van der Waals surface area contributed by atoms with Crippen LogP contribution in [0.3, 0.4) is 0 Å². The minimum Gasteiger partial charge on any atom is -0.280 e. The summed E-state index contributed by atoms with van der Waals surface area (Å²) < 4.78 is 29.6. The molecule has 3 rings (SSSR count). The van der Waals surface area contributed by atoms with E-state index in [1.807, 2.05) is 0 Å². The first-order valence-corrected chi connectivity index (χ1v) is 9.35. The number of hydrogen-bond acceptors (Lipinski definition) is 5. The molecule has 0 atom stereocenters. The molecule has 130 valence electrons. The molecule has 0 radical (unpaired) electrons. The maximum atomic E-state index is 12.8. The highest BCUT2D eigenvalue weighted by Gasteiger charge is 2.24. The van der Waals surface area contributed by atoms with Crippen molar-refractivity contribution < 1.29 is 8.42 Å². The molecule has 0 bridgehead atoms. The lowest BCUT2D eigenvalue weighted by atomic mass is 10.2. The Kier molecular flexibility index (Phi) is 4.68. The molecule has 0 amide bonds. The third-order valence-electron chi connectivity index (χ3n) is 3.57. The smallest absolute Gasteiger partial charge is 0.263 e. The highest BCUT2D eigenvalue weighted by atomic mass is 35.5. The van der Waals surface area contributed by atoms with Gasteiger partial charge in [-0.05, 0) is 59.7 Å². The van der Waals surface area contributed by atoms with E-state index in [1.54, 1.807) is 44.2 Å². The van der Waals surface area contributed by atoms with Crippen LogP contribution in [0, 0.1) is 13.8 Å². The lowest BCUT2D eigenvalue weighted by Gasteiger charge is -2.15. The van der Waals surface area contributed by atoms with Gasteiger partial charge < -0.3 is 0 Å². The molecule has 0 spiro atoms. The average Bonchev–Trinajstić information content (AvgIpc) is 3.07. The molecular weight excluding hydrogens is 385 g/mol. The molecule has 1 N–H and O–H groups in total. The van der Waals surface area contributed by atoms with E-state index in [0.29, 0.717) is 27.5 Å². The summed E-state index contributed by atoms with van der Waals surface area (Å²) in [7, 11) is -3.93. The van der Waals surface area contributed by atoms with Crippen molar-refractivity contribution >= 4 is 38.9 Å². The number of tetrazole rings is 1. The zero-order valence-electron chi connectivity index (χ0n) is 13.2. The van der Waals surface area contributed by atoms with Crippen molar-refractivity contribution in [2.75, 3.05) is 4.72 Å². The Bertz CT molecular complexity index is 1010. The van der Waals surface area contributed by atoms with Crippen molar-refractivity contribution in [1.82, 2.24) is 20.2 Å². The van der Waals surface area contributed by atoms with Crippen LogP contribution >= 0.6 is 23.2 Å². The first kappa shape index (κ1) is 17.7. The summed E-state index contributed by atoms with van der Waals surface area (Å²) in [4.78, 5) is -0.0352. The van der Waals surface area contributed by atoms with Gasteiger partial charge in [0.25, 0.3) is 10.0 Å². The number of rotatable bonds is 4. The van der Waals surface area contributed by atoms with E-state index >= 15 is 0 Å². The van der Waals surface area contributed by atoms with Gasteiger partial charge in [0.15, 0.2) is 0 Å².